The zero-order valence-electron chi connectivity index (χ0n) is 12.1. The third kappa shape index (κ3) is 3.78. The molecule has 1 N–H and O–H groups in total. The Bertz CT molecular complexity index is 608. The molecule has 0 fully saturated rings. The van der Waals surface area contributed by atoms with Gasteiger partial charge in [-0.2, -0.15) is 0 Å². The summed E-state index contributed by atoms with van der Waals surface area (Å²) in [7, 11) is 0. The normalized spacial score (nSPS) is 10.6. The summed E-state index contributed by atoms with van der Waals surface area (Å²) in [6.07, 6.45) is 2.62. The summed E-state index contributed by atoms with van der Waals surface area (Å²) in [5, 5.41) is 9.51. The molecule has 1 aromatic carbocycles. The molecular weight excluding hydrogens is 288 g/mol. The van der Waals surface area contributed by atoms with E-state index in [4.69, 9.17) is 9.84 Å². The summed E-state index contributed by atoms with van der Waals surface area (Å²) in [6.45, 7) is 4.62. The number of benzene rings is 1. The number of hydrogen-bond donors (Lipinski definition) is 1. The molecule has 0 saturated carbocycles. The molecule has 0 aliphatic carbocycles. The first-order valence-electron chi connectivity index (χ1n) is 6.80. The molecule has 2 aromatic rings. The van der Waals surface area contributed by atoms with Gasteiger partial charge < -0.3 is 9.84 Å². The van der Waals surface area contributed by atoms with Gasteiger partial charge in [0, 0.05) is 17.6 Å². The van der Waals surface area contributed by atoms with E-state index in [1.165, 1.54) is 11.8 Å². The Morgan fingerprint density at radius 3 is 2.62 bits per heavy atom. The Balaban J connectivity index is 2.31. The molecule has 21 heavy (non-hydrogen) atoms. The van der Waals surface area contributed by atoms with Crippen LogP contribution in [0.25, 0.3) is 5.69 Å². The number of carboxylic acids is 1. The van der Waals surface area contributed by atoms with Crippen LogP contribution in [0, 0.1) is 0 Å². The van der Waals surface area contributed by atoms with Crippen LogP contribution in [-0.4, -0.2) is 33.0 Å². The molecule has 112 valence electrons. The van der Waals surface area contributed by atoms with E-state index >= 15 is 0 Å². The molecule has 0 unspecified atom stereocenters. The van der Waals surface area contributed by atoms with E-state index in [1.807, 2.05) is 42.7 Å². The summed E-state index contributed by atoms with van der Waals surface area (Å²) in [6, 6.07) is 7.72. The second-order valence-electron chi connectivity index (χ2n) is 4.33. The van der Waals surface area contributed by atoms with Crippen LogP contribution in [0.3, 0.4) is 0 Å². The lowest BCUT2D eigenvalue weighted by atomic mass is 10.2. The smallest absolute Gasteiger partial charge is 0.313 e. The van der Waals surface area contributed by atoms with Gasteiger partial charge in [0.05, 0.1) is 12.4 Å². The van der Waals surface area contributed by atoms with Crippen molar-refractivity contribution in [2.75, 3.05) is 12.4 Å². The second kappa shape index (κ2) is 7.17. The zero-order valence-corrected chi connectivity index (χ0v) is 12.9. The first kappa shape index (κ1) is 15.4. The molecular formula is C15H18N2O3S. The maximum atomic E-state index is 10.7. The number of aliphatic carboxylic acids is 1. The lowest BCUT2D eigenvalue weighted by molar-refractivity contribution is -0.133. The van der Waals surface area contributed by atoms with Gasteiger partial charge in [0.25, 0.3) is 0 Å². The topological polar surface area (TPSA) is 64.4 Å². The Labute approximate surface area is 128 Å². The number of carboxylic acid groups (broad SMARTS) is 1. The maximum absolute atomic E-state index is 10.7. The highest BCUT2D eigenvalue weighted by Crippen LogP contribution is 2.25. The molecule has 2 rings (SSSR count). The van der Waals surface area contributed by atoms with Crippen LogP contribution in [0.4, 0.5) is 0 Å². The quantitative estimate of drug-likeness (QED) is 0.797. The molecule has 0 aliphatic heterocycles. The third-order valence-corrected chi connectivity index (χ3v) is 3.83. The van der Waals surface area contributed by atoms with Crippen molar-refractivity contribution >= 4 is 17.7 Å². The first-order chi connectivity index (χ1) is 10.2. The van der Waals surface area contributed by atoms with Gasteiger partial charge in [-0.25, -0.2) is 4.98 Å². The Kier molecular flexibility index (Phi) is 5.27. The highest BCUT2D eigenvalue weighted by Gasteiger charge is 2.12. The fourth-order valence-corrected chi connectivity index (χ4v) is 2.71. The average Bonchev–Trinajstić information content (AvgIpc) is 2.89. The molecule has 0 aliphatic rings. The number of imidazole rings is 1. The van der Waals surface area contributed by atoms with Crippen molar-refractivity contribution in [1.29, 1.82) is 0 Å². The fourth-order valence-electron chi connectivity index (χ4n) is 1.98. The lowest BCUT2D eigenvalue weighted by Crippen LogP contribution is -2.04. The van der Waals surface area contributed by atoms with Crippen LogP contribution in [0.15, 0.2) is 35.6 Å². The standard InChI is InChI=1S/C15H18N2O3S/c1-3-11-9-16-15(21-10-14(18)19)17(11)12-5-7-13(8-6-12)20-4-2/h5-9H,3-4,10H2,1-2H3,(H,18,19). The summed E-state index contributed by atoms with van der Waals surface area (Å²) in [5.74, 6) is -0.0320. The lowest BCUT2D eigenvalue weighted by Gasteiger charge is -2.11. The van der Waals surface area contributed by atoms with E-state index in [0.29, 0.717) is 11.8 Å². The van der Waals surface area contributed by atoms with Crippen molar-refractivity contribution in [3.63, 3.8) is 0 Å². The maximum Gasteiger partial charge on any atom is 0.313 e. The van der Waals surface area contributed by atoms with E-state index in [9.17, 15) is 4.79 Å². The van der Waals surface area contributed by atoms with Gasteiger partial charge >= 0.3 is 5.97 Å². The Morgan fingerprint density at radius 1 is 1.33 bits per heavy atom. The summed E-state index contributed by atoms with van der Waals surface area (Å²) in [5.41, 5.74) is 2.01. The second-order valence-corrected chi connectivity index (χ2v) is 5.27. The number of hydrogen-bond acceptors (Lipinski definition) is 4. The molecule has 0 atom stereocenters. The van der Waals surface area contributed by atoms with Crippen LogP contribution >= 0.6 is 11.8 Å². The van der Waals surface area contributed by atoms with Crippen molar-refractivity contribution in [2.24, 2.45) is 0 Å². The van der Waals surface area contributed by atoms with Crippen LogP contribution in [0.2, 0.25) is 0 Å². The van der Waals surface area contributed by atoms with Gasteiger partial charge in [-0.15, -0.1) is 0 Å². The predicted octanol–water partition coefficient (Wildman–Crippen LogP) is 3.01. The molecule has 0 amide bonds. The minimum Gasteiger partial charge on any atom is -0.494 e. The largest absolute Gasteiger partial charge is 0.494 e. The van der Waals surface area contributed by atoms with Crippen molar-refractivity contribution in [3.8, 4) is 11.4 Å². The molecule has 0 radical (unpaired) electrons. The van der Waals surface area contributed by atoms with E-state index in [2.05, 4.69) is 4.98 Å². The van der Waals surface area contributed by atoms with Crippen molar-refractivity contribution < 1.29 is 14.6 Å². The number of carbonyl (C=O) groups is 1. The van der Waals surface area contributed by atoms with Gasteiger partial charge in [-0.05, 0) is 37.6 Å². The van der Waals surface area contributed by atoms with E-state index < -0.39 is 5.97 Å². The highest BCUT2D eigenvalue weighted by atomic mass is 32.2. The number of aryl methyl sites for hydroxylation is 1. The van der Waals surface area contributed by atoms with Crippen molar-refractivity contribution in [2.45, 2.75) is 25.4 Å². The van der Waals surface area contributed by atoms with E-state index in [0.717, 1.165) is 23.6 Å². The minimum atomic E-state index is -0.848. The number of nitrogens with zero attached hydrogens (tertiary/aromatic N) is 2. The highest BCUT2D eigenvalue weighted by molar-refractivity contribution is 7.99. The summed E-state index contributed by atoms with van der Waals surface area (Å²) >= 11 is 1.22. The first-order valence-corrected chi connectivity index (χ1v) is 7.78. The van der Waals surface area contributed by atoms with E-state index in [-0.39, 0.29) is 5.75 Å². The Morgan fingerprint density at radius 2 is 2.05 bits per heavy atom. The van der Waals surface area contributed by atoms with Crippen LogP contribution in [0.1, 0.15) is 19.5 Å². The molecule has 5 nitrogen and oxygen atoms in total. The molecule has 6 heteroatoms. The molecule has 1 aromatic heterocycles. The zero-order chi connectivity index (χ0) is 15.2. The number of ether oxygens (including phenoxy) is 1. The predicted molar refractivity (Wildman–Crippen MR) is 82.5 cm³/mol. The Hall–Kier alpha value is -1.95. The van der Waals surface area contributed by atoms with Crippen LogP contribution < -0.4 is 4.74 Å². The van der Waals surface area contributed by atoms with Crippen LogP contribution in [-0.2, 0) is 11.2 Å². The summed E-state index contributed by atoms with van der Waals surface area (Å²) < 4.78 is 7.43. The van der Waals surface area contributed by atoms with Gasteiger partial charge in [-0.1, -0.05) is 18.7 Å². The number of rotatable bonds is 7. The monoisotopic (exact) mass is 306 g/mol. The van der Waals surface area contributed by atoms with Crippen molar-refractivity contribution in [3.05, 3.63) is 36.2 Å². The van der Waals surface area contributed by atoms with Gasteiger partial charge in [-0.3, -0.25) is 9.36 Å². The van der Waals surface area contributed by atoms with E-state index in [1.54, 1.807) is 6.20 Å². The summed E-state index contributed by atoms with van der Waals surface area (Å²) in [4.78, 5) is 15.1. The van der Waals surface area contributed by atoms with Crippen molar-refractivity contribution in [1.82, 2.24) is 9.55 Å². The SMILES string of the molecule is CCOc1ccc(-n2c(CC)cnc2SCC(=O)O)cc1. The third-order valence-electron chi connectivity index (χ3n) is 2.90. The number of thioether (sulfide) groups is 1. The molecule has 0 spiro atoms. The average molecular weight is 306 g/mol. The molecule has 1 heterocycles. The molecule has 0 bridgehead atoms. The number of aromatic nitrogens is 2. The minimum absolute atomic E-state index is 0.00278. The fraction of sp³-hybridized carbons (Fsp3) is 0.333. The molecule has 0 saturated heterocycles. The van der Waals surface area contributed by atoms with Gasteiger partial charge in [0.2, 0.25) is 0 Å². The van der Waals surface area contributed by atoms with Gasteiger partial charge in [0.1, 0.15) is 5.75 Å². The van der Waals surface area contributed by atoms with Crippen LogP contribution in [0.5, 0.6) is 5.75 Å². The van der Waals surface area contributed by atoms with Gasteiger partial charge in [0.15, 0.2) is 5.16 Å².